The van der Waals surface area contributed by atoms with E-state index < -0.39 is 4.84 Å². The molecule has 1 amide bonds. The van der Waals surface area contributed by atoms with Crippen molar-refractivity contribution in [3.63, 3.8) is 0 Å². The van der Waals surface area contributed by atoms with Gasteiger partial charge in [-0.15, -0.1) is 0 Å². The summed E-state index contributed by atoms with van der Waals surface area (Å²) in [5, 5.41) is 2.53. The monoisotopic (exact) mass is 199 g/mol. The first-order valence-electron chi connectivity index (χ1n) is 3.23. The zero-order chi connectivity index (χ0) is 8.69. The second-order valence-corrected chi connectivity index (χ2v) is 3.03. The number of hydrogen-bond acceptors (Lipinski definition) is 2. The Balaban J connectivity index is 3.18. The van der Waals surface area contributed by atoms with Gasteiger partial charge in [0, 0.05) is 20.3 Å². The van der Waals surface area contributed by atoms with Gasteiger partial charge in [0.15, 0.2) is 4.84 Å². The van der Waals surface area contributed by atoms with Crippen molar-refractivity contribution >= 4 is 29.1 Å². The molecule has 66 valence electrons. The van der Waals surface area contributed by atoms with E-state index in [1.807, 2.05) is 0 Å². The average Bonchev–Trinajstić information content (AvgIpc) is 1.97. The Morgan fingerprint density at radius 3 is 2.73 bits per heavy atom. The standard InChI is InChI=1S/C6H11Cl2NO2/c1-11-4-2-3-9-6(10)5(7)8/h5H,2-4H2,1H3,(H,9,10). The minimum Gasteiger partial charge on any atom is -0.385 e. The zero-order valence-corrected chi connectivity index (χ0v) is 7.78. The van der Waals surface area contributed by atoms with E-state index in [2.05, 4.69) is 5.32 Å². The van der Waals surface area contributed by atoms with E-state index in [9.17, 15) is 4.79 Å². The number of methoxy groups -OCH3 is 1. The highest BCUT2D eigenvalue weighted by Crippen LogP contribution is 1.99. The highest BCUT2D eigenvalue weighted by molar-refractivity contribution is 6.53. The average molecular weight is 200 g/mol. The number of alkyl halides is 2. The van der Waals surface area contributed by atoms with Crippen molar-refractivity contribution in [3.8, 4) is 0 Å². The Bertz CT molecular complexity index is 119. The van der Waals surface area contributed by atoms with Gasteiger partial charge in [0.2, 0.25) is 0 Å². The summed E-state index contributed by atoms with van der Waals surface area (Å²) >= 11 is 10.5. The number of hydrogen-bond donors (Lipinski definition) is 1. The van der Waals surface area contributed by atoms with Crippen LogP contribution < -0.4 is 5.32 Å². The molecule has 0 unspecified atom stereocenters. The Labute approximate surface area is 76.0 Å². The molecule has 0 radical (unpaired) electrons. The van der Waals surface area contributed by atoms with Crippen molar-refractivity contribution in [2.45, 2.75) is 11.3 Å². The third-order valence-corrected chi connectivity index (χ3v) is 1.42. The maximum Gasteiger partial charge on any atom is 0.253 e. The fraction of sp³-hybridized carbons (Fsp3) is 0.833. The molecule has 0 aromatic carbocycles. The quantitative estimate of drug-likeness (QED) is 0.529. The second kappa shape index (κ2) is 6.70. The molecule has 0 aromatic rings. The first kappa shape index (κ1) is 11.0. The lowest BCUT2D eigenvalue weighted by atomic mass is 10.4. The molecule has 0 saturated heterocycles. The van der Waals surface area contributed by atoms with E-state index in [-0.39, 0.29) is 5.91 Å². The lowest BCUT2D eigenvalue weighted by molar-refractivity contribution is -0.119. The molecule has 0 spiro atoms. The highest BCUT2D eigenvalue weighted by atomic mass is 35.5. The first-order valence-corrected chi connectivity index (χ1v) is 4.10. The maximum absolute atomic E-state index is 10.7. The minimum atomic E-state index is -0.974. The van der Waals surface area contributed by atoms with Gasteiger partial charge in [-0.2, -0.15) is 0 Å². The van der Waals surface area contributed by atoms with Crippen LogP contribution >= 0.6 is 23.2 Å². The van der Waals surface area contributed by atoms with Crippen LogP contribution in [0.4, 0.5) is 0 Å². The summed E-state index contributed by atoms with van der Waals surface area (Å²) in [7, 11) is 1.60. The SMILES string of the molecule is COCCCNC(=O)C(Cl)Cl. The van der Waals surface area contributed by atoms with Crippen molar-refractivity contribution in [2.75, 3.05) is 20.3 Å². The topological polar surface area (TPSA) is 38.3 Å². The molecule has 0 aliphatic carbocycles. The van der Waals surface area contributed by atoms with Gasteiger partial charge >= 0.3 is 0 Å². The molecule has 3 nitrogen and oxygen atoms in total. The van der Waals surface area contributed by atoms with Gasteiger partial charge < -0.3 is 10.1 Å². The number of halogens is 2. The van der Waals surface area contributed by atoms with Crippen molar-refractivity contribution in [2.24, 2.45) is 0 Å². The molecule has 11 heavy (non-hydrogen) atoms. The van der Waals surface area contributed by atoms with Gasteiger partial charge in [0.1, 0.15) is 0 Å². The molecular weight excluding hydrogens is 189 g/mol. The zero-order valence-electron chi connectivity index (χ0n) is 6.27. The van der Waals surface area contributed by atoms with Gasteiger partial charge in [0.05, 0.1) is 0 Å². The van der Waals surface area contributed by atoms with Crippen molar-refractivity contribution < 1.29 is 9.53 Å². The first-order chi connectivity index (χ1) is 5.18. The molecule has 0 aromatic heterocycles. The Kier molecular flexibility index (Phi) is 6.71. The molecule has 0 heterocycles. The van der Waals surface area contributed by atoms with Crippen LogP contribution in [0.3, 0.4) is 0 Å². The molecular formula is C6H11Cl2NO2. The molecule has 0 atom stereocenters. The Morgan fingerprint density at radius 1 is 1.64 bits per heavy atom. The van der Waals surface area contributed by atoms with Gasteiger partial charge in [-0.25, -0.2) is 0 Å². The van der Waals surface area contributed by atoms with Crippen molar-refractivity contribution in [1.82, 2.24) is 5.32 Å². The Hall–Kier alpha value is 0.01000. The van der Waals surface area contributed by atoms with Crippen LogP contribution in [-0.2, 0) is 9.53 Å². The van der Waals surface area contributed by atoms with Gasteiger partial charge in [-0.1, -0.05) is 23.2 Å². The highest BCUT2D eigenvalue weighted by Gasteiger charge is 2.08. The molecule has 1 N–H and O–H groups in total. The lowest BCUT2D eigenvalue weighted by Crippen LogP contribution is -2.29. The number of rotatable bonds is 5. The normalized spacial score (nSPS) is 10.2. The number of carbonyl (C=O) groups is 1. The van der Waals surface area contributed by atoms with E-state index in [1.165, 1.54) is 0 Å². The van der Waals surface area contributed by atoms with Crippen LogP contribution in [0, 0.1) is 0 Å². The van der Waals surface area contributed by atoms with Crippen LogP contribution in [-0.4, -0.2) is 31.0 Å². The molecule has 0 saturated carbocycles. The van der Waals surface area contributed by atoms with E-state index >= 15 is 0 Å². The van der Waals surface area contributed by atoms with Crippen LogP contribution in [0.1, 0.15) is 6.42 Å². The number of amides is 1. The van der Waals surface area contributed by atoms with E-state index in [0.717, 1.165) is 6.42 Å². The molecule has 0 aliphatic rings. The molecule has 0 aliphatic heterocycles. The fourth-order valence-electron chi connectivity index (χ4n) is 0.505. The van der Waals surface area contributed by atoms with E-state index in [4.69, 9.17) is 27.9 Å². The van der Waals surface area contributed by atoms with E-state index in [1.54, 1.807) is 7.11 Å². The number of carbonyl (C=O) groups excluding carboxylic acids is 1. The van der Waals surface area contributed by atoms with E-state index in [0.29, 0.717) is 13.2 Å². The van der Waals surface area contributed by atoms with Crippen molar-refractivity contribution in [1.29, 1.82) is 0 Å². The van der Waals surface area contributed by atoms with Crippen LogP contribution in [0.2, 0.25) is 0 Å². The largest absolute Gasteiger partial charge is 0.385 e. The van der Waals surface area contributed by atoms with Gasteiger partial charge in [-0.3, -0.25) is 4.79 Å². The third kappa shape index (κ3) is 6.41. The molecule has 0 rings (SSSR count). The summed E-state index contributed by atoms with van der Waals surface area (Å²) in [4.78, 5) is 9.72. The van der Waals surface area contributed by atoms with Gasteiger partial charge in [-0.05, 0) is 6.42 Å². The fourth-order valence-corrected chi connectivity index (χ4v) is 0.660. The molecule has 0 bridgehead atoms. The summed E-state index contributed by atoms with van der Waals surface area (Å²) in [6, 6.07) is 0. The molecule has 0 fully saturated rings. The predicted molar refractivity (Wildman–Crippen MR) is 45.0 cm³/mol. The number of nitrogens with one attached hydrogen (secondary N) is 1. The second-order valence-electron chi connectivity index (χ2n) is 1.94. The lowest BCUT2D eigenvalue weighted by Gasteiger charge is -2.03. The Morgan fingerprint density at radius 2 is 2.27 bits per heavy atom. The smallest absolute Gasteiger partial charge is 0.253 e. The van der Waals surface area contributed by atoms with Crippen LogP contribution in [0.5, 0.6) is 0 Å². The third-order valence-electron chi connectivity index (χ3n) is 1.02. The van der Waals surface area contributed by atoms with Crippen molar-refractivity contribution in [3.05, 3.63) is 0 Å². The summed E-state index contributed by atoms with van der Waals surface area (Å²) < 4.78 is 4.77. The summed E-state index contributed by atoms with van der Waals surface area (Å²) in [6.45, 7) is 1.16. The summed E-state index contributed by atoms with van der Waals surface area (Å²) in [6.07, 6.45) is 0.767. The van der Waals surface area contributed by atoms with Crippen LogP contribution in [0.25, 0.3) is 0 Å². The summed E-state index contributed by atoms with van der Waals surface area (Å²) in [5.74, 6) is -0.357. The minimum absolute atomic E-state index is 0.357. The summed E-state index contributed by atoms with van der Waals surface area (Å²) in [5.41, 5.74) is 0. The predicted octanol–water partition coefficient (Wildman–Crippen LogP) is 0.943. The van der Waals surface area contributed by atoms with Gasteiger partial charge in [0.25, 0.3) is 5.91 Å². The number of ether oxygens (including phenoxy) is 1. The molecule has 5 heteroatoms. The maximum atomic E-state index is 10.7. The van der Waals surface area contributed by atoms with Crippen LogP contribution in [0.15, 0.2) is 0 Å².